The van der Waals surface area contributed by atoms with Crippen LogP contribution < -0.4 is 0 Å². The summed E-state index contributed by atoms with van der Waals surface area (Å²) < 4.78 is 11.7. The fourth-order valence-electron chi connectivity index (χ4n) is 6.33. The number of unbranched alkanes of at least 4 members (excludes halogenated alkanes) is 11. The van der Waals surface area contributed by atoms with Gasteiger partial charge in [0.2, 0.25) is 0 Å². The molecule has 0 radical (unpaired) electrons. The van der Waals surface area contributed by atoms with Gasteiger partial charge in [0, 0.05) is 26.0 Å². The number of ether oxygens (including phenoxy) is 2. The van der Waals surface area contributed by atoms with Crippen molar-refractivity contribution in [3.63, 3.8) is 0 Å². The monoisotopic (exact) mass is 594 g/mol. The van der Waals surface area contributed by atoms with Crippen LogP contribution >= 0.6 is 0 Å². The highest BCUT2D eigenvalue weighted by atomic mass is 16.5. The Morgan fingerprint density at radius 3 is 1.90 bits per heavy atom. The predicted molar refractivity (Wildman–Crippen MR) is 178 cm³/mol. The summed E-state index contributed by atoms with van der Waals surface area (Å²) in [5.74, 6) is 0.685. The molecular weight excluding hydrogens is 522 g/mol. The summed E-state index contributed by atoms with van der Waals surface area (Å²) in [7, 11) is 0. The molecule has 1 saturated heterocycles. The topological polar surface area (TPSA) is 55.8 Å². The van der Waals surface area contributed by atoms with Gasteiger partial charge in [0.05, 0.1) is 18.6 Å². The number of hydrogen-bond acceptors (Lipinski definition) is 5. The van der Waals surface area contributed by atoms with E-state index in [0.717, 1.165) is 51.7 Å². The van der Waals surface area contributed by atoms with Gasteiger partial charge in [-0.3, -0.25) is 9.59 Å². The second-order valence-corrected chi connectivity index (χ2v) is 13.3. The first-order valence-electron chi connectivity index (χ1n) is 18.5. The molecule has 1 heterocycles. The molecule has 0 aliphatic carbocycles. The Morgan fingerprint density at radius 1 is 0.714 bits per heavy atom. The average Bonchev–Trinajstić information content (AvgIpc) is 3.51. The Hall–Kier alpha value is -0.940. The molecule has 1 fully saturated rings. The van der Waals surface area contributed by atoms with Crippen LogP contribution in [0.2, 0.25) is 0 Å². The number of carbonyl (C=O) groups excluding carboxylic acids is 2. The molecule has 1 aliphatic heterocycles. The highest BCUT2D eigenvalue weighted by Crippen LogP contribution is 2.23. The lowest BCUT2D eigenvalue weighted by Crippen LogP contribution is -2.25. The summed E-state index contributed by atoms with van der Waals surface area (Å²) in [5, 5.41) is 0. The zero-order chi connectivity index (χ0) is 30.7. The van der Waals surface area contributed by atoms with E-state index in [1.54, 1.807) is 0 Å². The number of esters is 1. The molecule has 2 atom stereocenters. The summed E-state index contributed by atoms with van der Waals surface area (Å²) in [6.45, 7) is 13.4. The van der Waals surface area contributed by atoms with Crippen molar-refractivity contribution >= 4 is 11.8 Å². The number of carbonyl (C=O) groups is 2. The summed E-state index contributed by atoms with van der Waals surface area (Å²) in [6, 6.07) is 0. The Morgan fingerprint density at radius 2 is 1.31 bits per heavy atom. The van der Waals surface area contributed by atoms with E-state index in [0.29, 0.717) is 24.7 Å². The third-order valence-electron chi connectivity index (χ3n) is 9.19. The van der Waals surface area contributed by atoms with Crippen LogP contribution in [0.1, 0.15) is 175 Å². The molecule has 0 aromatic heterocycles. The lowest BCUT2D eigenvalue weighted by Gasteiger charge is -2.21. The van der Waals surface area contributed by atoms with Crippen molar-refractivity contribution in [2.75, 3.05) is 32.8 Å². The molecule has 0 N–H and O–H groups in total. The first-order valence-corrected chi connectivity index (χ1v) is 18.5. The van der Waals surface area contributed by atoms with Crippen LogP contribution in [0, 0.1) is 11.8 Å². The van der Waals surface area contributed by atoms with Crippen molar-refractivity contribution < 1.29 is 19.1 Å². The number of hydrogen-bond donors (Lipinski definition) is 0. The summed E-state index contributed by atoms with van der Waals surface area (Å²) in [6.07, 6.45) is 26.7. The van der Waals surface area contributed by atoms with Crippen LogP contribution in [-0.4, -0.2) is 55.6 Å². The molecule has 0 bridgehead atoms. The van der Waals surface area contributed by atoms with E-state index in [2.05, 4.69) is 25.7 Å². The number of ketones is 1. The molecule has 0 aromatic carbocycles. The first-order chi connectivity index (χ1) is 20.5. The largest absolute Gasteiger partial charge is 0.465 e. The highest BCUT2D eigenvalue weighted by molar-refractivity contribution is 5.78. The maximum atomic E-state index is 12.8. The van der Waals surface area contributed by atoms with E-state index in [9.17, 15) is 9.59 Å². The Bertz CT molecular complexity index is 617. The lowest BCUT2D eigenvalue weighted by atomic mass is 9.89. The van der Waals surface area contributed by atoms with Gasteiger partial charge in [0.1, 0.15) is 5.78 Å². The van der Waals surface area contributed by atoms with Crippen molar-refractivity contribution in [3.8, 4) is 0 Å². The second-order valence-electron chi connectivity index (χ2n) is 13.3. The Labute approximate surface area is 261 Å². The van der Waals surface area contributed by atoms with Crippen LogP contribution in [0.3, 0.4) is 0 Å². The smallest absolute Gasteiger partial charge is 0.308 e. The van der Waals surface area contributed by atoms with Gasteiger partial charge in [-0.15, -0.1) is 0 Å². The van der Waals surface area contributed by atoms with Gasteiger partial charge in [-0.25, -0.2) is 0 Å². The minimum absolute atomic E-state index is 0.115. The van der Waals surface area contributed by atoms with Gasteiger partial charge in [0.25, 0.3) is 0 Å². The van der Waals surface area contributed by atoms with Gasteiger partial charge in [-0.05, 0) is 64.0 Å². The molecule has 0 aromatic rings. The molecule has 42 heavy (non-hydrogen) atoms. The molecule has 248 valence electrons. The minimum Gasteiger partial charge on any atom is -0.465 e. The molecule has 0 spiro atoms. The number of rotatable bonds is 30. The Balaban J connectivity index is 2.21. The summed E-state index contributed by atoms with van der Waals surface area (Å²) in [4.78, 5) is 27.9. The first kappa shape index (κ1) is 39.1. The highest BCUT2D eigenvalue weighted by Gasteiger charge is 2.20. The lowest BCUT2D eigenvalue weighted by molar-refractivity contribution is -0.149. The van der Waals surface area contributed by atoms with E-state index >= 15 is 0 Å². The van der Waals surface area contributed by atoms with E-state index in [-0.39, 0.29) is 18.0 Å². The van der Waals surface area contributed by atoms with Gasteiger partial charge in [-0.2, -0.15) is 0 Å². The fourth-order valence-corrected chi connectivity index (χ4v) is 6.33. The molecule has 0 amide bonds. The molecule has 0 saturated carbocycles. The summed E-state index contributed by atoms with van der Waals surface area (Å²) >= 11 is 0. The Kier molecular flexibility index (Phi) is 25.7. The normalized spacial score (nSPS) is 15.4. The van der Waals surface area contributed by atoms with Gasteiger partial charge in [0.15, 0.2) is 0 Å². The van der Waals surface area contributed by atoms with Crippen LogP contribution in [0.5, 0.6) is 0 Å². The van der Waals surface area contributed by atoms with Crippen molar-refractivity contribution in [1.82, 2.24) is 4.90 Å². The van der Waals surface area contributed by atoms with Crippen LogP contribution in [0.4, 0.5) is 0 Å². The van der Waals surface area contributed by atoms with Crippen molar-refractivity contribution in [1.29, 1.82) is 0 Å². The third kappa shape index (κ3) is 21.7. The molecule has 5 heteroatoms. The number of likely N-dealkylation sites (tertiary alicyclic amines) is 1. The average molecular weight is 594 g/mol. The minimum atomic E-state index is -0.153. The molecular formula is C37H71NO4. The van der Waals surface area contributed by atoms with E-state index < -0.39 is 0 Å². The number of Topliss-reactive ketones (excluding diaryl/α,β-unsaturated/α-hetero) is 1. The maximum absolute atomic E-state index is 12.8. The van der Waals surface area contributed by atoms with Crippen molar-refractivity contribution in [2.24, 2.45) is 11.8 Å². The van der Waals surface area contributed by atoms with Crippen molar-refractivity contribution in [3.05, 3.63) is 0 Å². The number of nitrogens with zero attached hydrogens (tertiary/aromatic N) is 1. The SMILES string of the molecule is CCCCCCCCC(CCCCCCCC)CC(=O)CCCCOC(=O)C(C)CC(CC)OCCCN1CCCC1. The maximum Gasteiger partial charge on any atom is 0.308 e. The quantitative estimate of drug-likeness (QED) is 0.0612. The second kappa shape index (κ2) is 27.6. The van der Waals surface area contributed by atoms with Gasteiger partial charge < -0.3 is 14.4 Å². The van der Waals surface area contributed by atoms with Gasteiger partial charge in [-0.1, -0.05) is 118 Å². The molecule has 5 nitrogen and oxygen atoms in total. The van der Waals surface area contributed by atoms with Crippen molar-refractivity contribution in [2.45, 2.75) is 181 Å². The molecule has 2 unspecified atom stereocenters. The fraction of sp³-hybridized carbons (Fsp3) is 0.946. The van der Waals surface area contributed by atoms with Crippen LogP contribution in [-0.2, 0) is 19.1 Å². The van der Waals surface area contributed by atoms with Crippen LogP contribution in [0.15, 0.2) is 0 Å². The van der Waals surface area contributed by atoms with E-state index in [1.165, 1.54) is 116 Å². The van der Waals surface area contributed by atoms with Gasteiger partial charge >= 0.3 is 5.97 Å². The van der Waals surface area contributed by atoms with E-state index in [1.807, 2.05) is 6.92 Å². The predicted octanol–water partition coefficient (Wildman–Crippen LogP) is 10.1. The molecule has 1 rings (SSSR count). The summed E-state index contributed by atoms with van der Waals surface area (Å²) in [5.41, 5.74) is 0. The van der Waals surface area contributed by atoms with Crippen LogP contribution in [0.25, 0.3) is 0 Å². The standard InChI is InChI=1S/C37H71NO4/c1-5-8-10-12-14-16-23-34(24-17-15-13-11-9-6-2)32-35(39)25-18-21-29-42-37(40)33(4)31-36(7-3)41-30-22-28-38-26-19-20-27-38/h33-34,36H,5-32H2,1-4H3. The van der Waals surface area contributed by atoms with E-state index in [4.69, 9.17) is 9.47 Å². The zero-order valence-electron chi connectivity index (χ0n) is 28.6. The molecule has 1 aliphatic rings. The zero-order valence-corrected chi connectivity index (χ0v) is 28.6. The third-order valence-corrected chi connectivity index (χ3v) is 9.19.